The van der Waals surface area contributed by atoms with E-state index in [1.165, 1.54) is 12.1 Å². The molecule has 0 fully saturated rings. The number of hydrogen-bond acceptors (Lipinski definition) is 5. The molecule has 0 unspecified atom stereocenters. The number of anilines is 1. The maximum absolute atomic E-state index is 13.0. The van der Waals surface area contributed by atoms with Crippen LogP contribution in [0.25, 0.3) is 0 Å². The molecule has 10 heteroatoms. The van der Waals surface area contributed by atoms with Gasteiger partial charge in [-0.15, -0.1) is 0 Å². The number of nitro benzene ring substituents is 1. The normalized spacial score (nSPS) is 11.1. The highest BCUT2D eigenvalue weighted by Crippen LogP contribution is 2.26. The van der Waals surface area contributed by atoms with Crippen molar-refractivity contribution in [2.45, 2.75) is 4.90 Å². The van der Waals surface area contributed by atoms with Gasteiger partial charge in [-0.05, 0) is 40.2 Å². The van der Waals surface area contributed by atoms with E-state index < -0.39 is 31.3 Å². The van der Waals surface area contributed by atoms with Crippen LogP contribution in [0, 0.1) is 15.9 Å². The molecule has 0 aliphatic heterocycles. The van der Waals surface area contributed by atoms with Gasteiger partial charge in [0.25, 0.3) is 15.7 Å². The standard InChI is InChI=1S/C11H7BrFN3O4S/c12-10-2-1-3-11(14-10)15-21(19,20)9-5-4-7(13)6-8(9)16(17)18/h1-6H,(H,14,15). The first-order valence-electron chi connectivity index (χ1n) is 5.39. The molecule has 0 spiro atoms. The first kappa shape index (κ1) is 15.3. The fourth-order valence-electron chi connectivity index (χ4n) is 1.52. The van der Waals surface area contributed by atoms with E-state index in [0.29, 0.717) is 10.7 Å². The average Bonchev–Trinajstić information content (AvgIpc) is 2.37. The molecule has 0 bridgehead atoms. The molecule has 0 atom stereocenters. The van der Waals surface area contributed by atoms with Gasteiger partial charge in [0.05, 0.1) is 11.0 Å². The van der Waals surface area contributed by atoms with Crippen LogP contribution < -0.4 is 4.72 Å². The lowest BCUT2D eigenvalue weighted by Gasteiger charge is -2.08. The van der Waals surface area contributed by atoms with Crippen molar-refractivity contribution in [2.75, 3.05) is 4.72 Å². The molecule has 0 aliphatic rings. The molecule has 1 aromatic carbocycles. The molecule has 1 aromatic heterocycles. The highest BCUT2D eigenvalue weighted by atomic mass is 79.9. The number of hydrogen-bond donors (Lipinski definition) is 1. The lowest BCUT2D eigenvalue weighted by Crippen LogP contribution is -2.15. The van der Waals surface area contributed by atoms with Gasteiger partial charge in [0.2, 0.25) is 0 Å². The molecule has 1 N–H and O–H groups in total. The fourth-order valence-corrected chi connectivity index (χ4v) is 3.02. The highest BCUT2D eigenvalue weighted by Gasteiger charge is 2.26. The largest absolute Gasteiger partial charge is 0.292 e. The first-order chi connectivity index (χ1) is 9.79. The second-order valence-corrected chi connectivity index (χ2v) is 6.28. The van der Waals surface area contributed by atoms with E-state index in [1.807, 2.05) is 0 Å². The topological polar surface area (TPSA) is 102 Å². The maximum atomic E-state index is 13.0. The van der Waals surface area contributed by atoms with E-state index in [9.17, 15) is 22.9 Å². The summed E-state index contributed by atoms with van der Waals surface area (Å²) in [6.45, 7) is 0. The Morgan fingerprint density at radius 1 is 1.29 bits per heavy atom. The van der Waals surface area contributed by atoms with Crippen LogP contribution in [0.4, 0.5) is 15.9 Å². The van der Waals surface area contributed by atoms with Crippen LogP contribution >= 0.6 is 15.9 Å². The summed E-state index contributed by atoms with van der Waals surface area (Å²) in [5, 5.41) is 10.9. The van der Waals surface area contributed by atoms with Crippen LogP contribution in [-0.4, -0.2) is 18.3 Å². The minimum atomic E-state index is -4.26. The third-order valence-corrected chi connectivity index (χ3v) is 4.21. The molecule has 0 aliphatic carbocycles. The Kier molecular flexibility index (Phi) is 4.19. The number of nitrogens with zero attached hydrogens (tertiary/aromatic N) is 2. The quantitative estimate of drug-likeness (QED) is 0.502. The van der Waals surface area contributed by atoms with Crippen LogP contribution in [0.3, 0.4) is 0 Å². The minimum absolute atomic E-state index is 0.0250. The Labute approximate surface area is 127 Å². The lowest BCUT2D eigenvalue weighted by molar-refractivity contribution is -0.388. The van der Waals surface area contributed by atoms with Crippen molar-refractivity contribution in [3.05, 3.63) is 56.9 Å². The van der Waals surface area contributed by atoms with Gasteiger partial charge in [-0.1, -0.05) is 6.07 Å². The monoisotopic (exact) mass is 375 g/mol. The number of aromatic nitrogens is 1. The minimum Gasteiger partial charge on any atom is -0.263 e. The zero-order valence-corrected chi connectivity index (χ0v) is 12.6. The summed E-state index contributed by atoms with van der Waals surface area (Å²) < 4.78 is 39.8. The predicted molar refractivity (Wildman–Crippen MR) is 75.8 cm³/mol. The zero-order valence-electron chi connectivity index (χ0n) is 10.2. The number of benzene rings is 1. The van der Waals surface area contributed by atoms with Crippen molar-refractivity contribution in [2.24, 2.45) is 0 Å². The molecule has 2 aromatic rings. The molecule has 110 valence electrons. The Morgan fingerprint density at radius 3 is 2.62 bits per heavy atom. The van der Waals surface area contributed by atoms with Crippen LogP contribution in [0.15, 0.2) is 45.9 Å². The Morgan fingerprint density at radius 2 is 2.00 bits per heavy atom. The fraction of sp³-hybridized carbons (Fsp3) is 0. The van der Waals surface area contributed by atoms with Gasteiger partial charge in [-0.25, -0.2) is 17.8 Å². The van der Waals surface area contributed by atoms with Gasteiger partial charge in [0, 0.05) is 0 Å². The van der Waals surface area contributed by atoms with Gasteiger partial charge < -0.3 is 0 Å². The molecule has 21 heavy (non-hydrogen) atoms. The molecule has 1 heterocycles. The van der Waals surface area contributed by atoms with E-state index in [1.54, 1.807) is 6.07 Å². The van der Waals surface area contributed by atoms with Gasteiger partial charge in [0.15, 0.2) is 4.90 Å². The molecule has 2 rings (SSSR count). The number of halogens is 2. The number of nitro groups is 1. The highest BCUT2D eigenvalue weighted by molar-refractivity contribution is 9.10. The molecule has 0 saturated carbocycles. The third-order valence-electron chi connectivity index (χ3n) is 2.36. The van der Waals surface area contributed by atoms with E-state index >= 15 is 0 Å². The SMILES string of the molecule is O=[N+]([O-])c1cc(F)ccc1S(=O)(=O)Nc1cccc(Br)n1. The van der Waals surface area contributed by atoms with E-state index in [0.717, 1.165) is 12.1 Å². The predicted octanol–water partition coefficient (Wildman–Crippen LogP) is 2.69. The smallest absolute Gasteiger partial charge is 0.263 e. The number of sulfonamides is 1. The van der Waals surface area contributed by atoms with Crippen LogP contribution in [0.1, 0.15) is 0 Å². The molecular formula is C11H7BrFN3O4S. The summed E-state index contributed by atoms with van der Waals surface area (Å²) in [5.74, 6) is -0.927. The Balaban J connectivity index is 2.47. The third kappa shape index (κ3) is 3.52. The zero-order chi connectivity index (χ0) is 15.6. The van der Waals surface area contributed by atoms with Crippen LogP contribution in [0.5, 0.6) is 0 Å². The lowest BCUT2D eigenvalue weighted by atomic mass is 10.3. The van der Waals surface area contributed by atoms with Gasteiger partial charge in [-0.3, -0.25) is 14.8 Å². The van der Waals surface area contributed by atoms with Crippen molar-refractivity contribution >= 4 is 37.5 Å². The van der Waals surface area contributed by atoms with Crippen LogP contribution in [-0.2, 0) is 10.0 Å². The van der Waals surface area contributed by atoms with Crippen molar-refractivity contribution in [3.8, 4) is 0 Å². The summed E-state index contributed by atoms with van der Waals surface area (Å²) >= 11 is 3.07. The van der Waals surface area contributed by atoms with Crippen molar-refractivity contribution in [1.29, 1.82) is 0 Å². The Hall–Kier alpha value is -2.07. The van der Waals surface area contributed by atoms with Gasteiger partial charge >= 0.3 is 0 Å². The molecule has 7 nitrogen and oxygen atoms in total. The second kappa shape index (κ2) is 5.74. The van der Waals surface area contributed by atoms with E-state index in [-0.39, 0.29) is 5.82 Å². The van der Waals surface area contributed by atoms with E-state index in [4.69, 9.17) is 0 Å². The van der Waals surface area contributed by atoms with Gasteiger partial charge in [-0.2, -0.15) is 0 Å². The van der Waals surface area contributed by atoms with Crippen LogP contribution in [0.2, 0.25) is 0 Å². The van der Waals surface area contributed by atoms with Crippen molar-refractivity contribution < 1.29 is 17.7 Å². The van der Waals surface area contributed by atoms with E-state index in [2.05, 4.69) is 25.6 Å². The summed E-state index contributed by atoms with van der Waals surface area (Å²) in [5.41, 5.74) is -0.850. The second-order valence-electron chi connectivity index (χ2n) is 3.82. The number of rotatable bonds is 4. The molecule has 0 amide bonds. The summed E-state index contributed by atoms with van der Waals surface area (Å²) in [7, 11) is -4.26. The summed E-state index contributed by atoms with van der Waals surface area (Å²) in [6.07, 6.45) is 0. The van der Waals surface area contributed by atoms with Crippen molar-refractivity contribution in [3.63, 3.8) is 0 Å². The molecular weight excluding hydrogens is 369 g/mol. The maximum Gasteiger partial charge on any atom is 0.292 e. The first-order valence-corrected chi connectivity index (χ1v) is 7.66. The summed E-state index contributed by atoms with van der Waals surface area (Å²) in [6, 6.07) is 6.69. The van der Waals surface area contributed by atoms with Crippen molar-refractivity contribution in [1.82, 2.24) is 4.98 Å². The molecule has 0 saturated heterocycles. The summed E-state index contributed by atoms with van der Waals surface area (Å²) in [4.78, 5) is 13.1. The van der Waals surface area contributed by atoms with Gasteiger partial charge in [0.1, 0.15) is 16.2 Å². The molecule has 0 radical (unpaired) electrons. The number of pyridine rings is 1. The Bertz CT molecular complexity index is 813. The average molecular weight is 376 g/mol. The number of nitrogens with one attached hydrogen (secondary N) is 1.